The molecule has 0 unspecified atom stereocenters. The van der Waals surface area contributed by atoms with Crippen LogP contribution < -0.4 is 21.3 Å². The van der Waals surface area contributed by atoms with Crippen molar-refractivity contribution in [2.45, 2.75) is 39.8 Å². The molecule has 0 amide bonds. The van der Waals surface area contributed by atoms with Crippen LogP contribution in [0.4, 0.5) is 0 Å². The summed E-state index contributed by atoms with van der Waals surface area (Å²) in [6.45, 7) is 8.22. The maximum Gasteiger partial charge on any atom is 0.0962 e. The monoisotopic (exact) mass is 225 g/mol. The molecule has 86 valence electrons. The zero-order valence-corrected chi connectivity index (χ0v) is 10.1. The summed E-state index contributed by atoms with van der Waals surface area (Å²) >= 11 is 0. The van der Waals surface area contributed by atoms with Crippen molar-refractivity contribution >= 4 is 7.60 Å². The predicted molar refractivity (Wildman–Crippen MR) is 49.3 cm³/mol. The third kappa shape index (κ3) is 197. The largest absolute Gasteiger partial charge is 0.800 e. The van der Waals surface area contributed by atoms with Crippen molar-refractivity contribution in [1.29, 1.82) is 5.26 Å². The molecular formula is C7H20N3O3P. The van der Waals surface area contributed by atoms with Gasteiger partial charge >= 0.3 is 0 Å². The molecule has 0 saturated carbocycles. The minimum atomic E-state index is -4.84. The highest BCUT2D eigenvalue weighted by atomic mass is 31.2. The summed E-state index contributed by atoms with van der Waals surface area (Å²) < 4.78 is 9.11. The van der Waals surface area contributed by atoms with Crippen LogP contribution in [0.25, 0.3) is 0 Å². The van der Waals surface area contributed by atoms with Gasteiger partial charge in [-0.2, -0.15) is 5.26 Å². The van der Waals surface area contributed by atoms with Crippen LogP contribution in [-0.2, 0) is 4.57 Å². The van der Waals surface area contributed by atoms with Gasteiger partial charge in [-0.3, -0.25) is 0 Å². The second-order valence-corrected chi connectivity index (χ2v) is 4.58. The fourth-order valence-electron chi connectivity index (χ4n) is 0. The highest BCUT2D eigenvalue weighted by Gasteiger charge is 1.75. The summed E-state index contributed by atoms with van der Waals surface area (Å²) in [6.07, 6.45) is 0. The Bertz CT molecular complexity index is 183. The summed E-state index contributed by atoms with van der Waals surface area (Å²) in [5, 5.41) is 7.26. The third-order valence-corrected chi connectivity index (χ3v) is 0.367. The van der Waals surface area contributed by atoms with Crippen LogP contribution in [0.15, 0.2) is 0 Å². The smallest absolute Gasteiger partial charge is 0.0962 e. The molecule has 0 aliphatic heterocycles. The fourth-order valence-corrected chi connectivity index (χ4v) is 0. The first-order valence-corrected chi connectivity index (χ1v) is 5.66. The lowest BCUT2D eigenvalue weighted by Gasteiger charge is -2.17. The molecule has 6 nitrogen and oxygen atoms in total. The molecule has 0 rings (SSSR count). The topological polar surface area (TPSA) is 142 Å². The number of nitrogens with zero attached hydrogens (tertiary/aromatic N) is 1. The summed E-state index contributed by atoms with van der Waals surface area (Å²) in [7, 11) is -4.84. The highest BCUT2D eigenvalue weighted by Crippen LogP contribution is 2.17. The van der Waals surface area contributed by atoms with Crippen LogP contribution >= 0.6 is 7.60 Å². The third-order valence-electron chi connectivity index (χ3n) is 0.122. The molecule has 0 aromatic carbocycles. The van der Waals surface area contributed by atoms with Gasteiger partial charge < -0.3 is 25.8 Å². The quantitative estimate of drug-likeness (QED) is 0.445. The number of rotatable bonds is 0. The normalized spacial score (nSPS) is 9.50. The Morgan fingerprint density at radius 1 is 1.14 bits per heavy atom. The minimum Gasteiger partial charge on any atom is -0.800 e. The van der Waals surface area contributed by atoms with E-state index < -0.39 is 7.60 Å². The van der Waals surface area contributed by atoms with E-state index in [0.29, 0.717) is 17.9 Å². The lowest BCUT2D eigenvalue weighted by molar-refractivity contribution is -0.408. The molecule has 0 heterocycles. The average Bonchev–Trinajstić information content (AvgIpc) is 1.83. The van der Waals surface area contributed by atoms with Crippen molar-refractivity contribution in [3.05, 3.63) is 0 Å². The zero-order valence-electron chi connectivity index (χ0n) is 9.19. The van der Waals surface area contributed by atoms with Crippen molar-refractivity contribution in [3.63, 3.8) is 0 Å². The Morgan fingerprint density at radius 3 is 1.21 bits per heavy atom. The van der Waals surface area contributed by atoms with Gasteiger partial charge in [-0.25, -0.2) is 0 Å². The van der Waals surface area contributed by atoms with Crippen molar-refractivity contribution < 1.29 is 25.8 Å². The lowest BCUT2D eigenvalue weighted by atomic mass is 10.4. The van der Waals surface area contributed by atoms with Gasteiger partial charge in [-0.05, 0) is 27.7 Å². The lowest BCUT2D eigenvalue weighted by Crippen LogP contribution is -2.57. The Labute approximate surface area is 85.1 Å². The number of hydrogen-bond donors (Lipinski definition) is 2. The molecule has 0 radical (unpaired) electrons. The van der Waals surface area contributed by atoms with Gasteiger partial charge in [-0.1, -0.05) is 0 Å². The Hall–Kier alpha value is -0.440. The fraction of sp³-hybridized carbons (Fsp3) is 0.857. The molecule has 0 saturated heterocycles. The van der Waals surface area contributed by atoms with Crippen molar-refractivity contribution in [2.24, 2.45) is 0 Å². The van der Waals surface area contributed by atoms with Crippen LogP contribution in [0.5, 0.6) is 0 Å². The molecule has 0 aromatic heterocycles. The number of hydrogen-bond acceptors (Lipinski definition) is 4. The predicted octanol–water partition coefficient (Wildman–Crippen LogP) is -2.35. The molecular weight excluding hydrogens is 205 g/mol. The van der Waals surface area contributed by atoms with Gasteiger partial charge in [0.05, 0.1) is 17.9 Å². The van der Waals surface area contributed by atoms with Crippen LogP contribution in [0.2, 0.25) is 0 Å². The van der Waals surface area contributed by atoms with E-state index in [0.717, 1.165) is 0 Å². The van der Waals surface area contributed by atoms with Gasteiger partial charge in [0.1, 0.15) is 0 Å². The van der Waals surface area contributed by atoms with Crippen molar-refractivity contribution in [1.82, 2.24) is 0 Å². The molecule has 14 heavy (non-hydrogen) atoms. The van der Waals surface area contributed by atoms with Crippen molar-refractivity contribution in [2.75, 3.05) is 0 Å². The molecule has 0 fully saturated rings. The molecule has 0 atom stereocenters. The van der Waals surface area contributed by atoms with Gasteiger partial charge in [0.25, 0.3) is 0 Å². The summed E-state index contributed by atoms with van der Waals surface area (Å²) in [4.78, 5) is 18.2. The maximum atomic E-state index is 9.11. The SMILES string of the molecule is CC(C)[NH3+].CC(C)[NH3+].N#CP(=O)([O-])[O-]. The van der Waals surface area contributed by atoms with E-state index in [1.165, 1.54) is 0 Å². The zero-order chi connectivity index (χ0) is 12.4. The van der Waals surface area contributed by atoms with E-state index in [1.54, 1.807) is 0 Å². The van der Waals surface area contributed by atoms with Crippen LogP contribution in [0.3, 0.4) is 0 Å². The first-order chi connectivity index (χ1) is 6.02. The van der Waals surface area contributed by atoms with E-state index in [-0.39, 0.29) is 0 Å². The van der Waals surface area contributed by atoms with E-state index in [4.69, 9.17) is 19.6 Å². The van der Waals surface area contributed by atoms with Gasteiger partial charge in [0.2, 0.25) is 0 Å². The second kappa shape index (κ2) is 10.6. The molecule has 6 N–H and O–H groups in total. The molecule has 0 spiro atoms. The second-order valence-electron chi connectivity index (χ2n) is 3.39. The molecule has 0 aromatic rings. The summed E-state index contributed by atoms with van der Waals surface area (Å²) in [6, 6.07) is 1.17. The van der Waals surface area contributed by atoms with Crippen LogP contribution in [-0.4, -0.2) is 12.1 Å². The highest BCUT2D eigenvalue weighted by molar-refractivity contribution is 7.54. The standard InChI is InChI=1S/2C3H9N.CH2NO3P/c2*1-3(2)4;2-1-6(3,4)5/h2*3H,4H2,1-2H3;(H2,3,4,5). The maximum absolute atomic E-state index is 9.11. The first-order valence-electron chi connectivity index (χ1n) is 4.12. The Kier molecular flexibility index (Phi) is 14.6. The van der Waals surface area contributed by atoms with Gasteiger partial charge in [0, 0.05) is 7.60 Å². The number of quaternary nitrogens is 2. The Balaban J connectivity index is -0.000000135. The number of nitriles is 1. The molecule has 7 heteroatoms. The van der Waals surface area contributed by atoms with E-state index >= 15 is 0 Å². The van der Waals surface area contributed by atoms with Gasteiger partial charge in [0.15, 0.2) is 0 Å². The minimum absolute atomic E-state index is 0.549. The van der Waals surface area contributed by atoms with Crippen LogP contribution in [0, 0.1) is 11.1 Å². The van der Waals surface area contributed by atoms with E-state index in [2.05, 4.69) is 39.2 Å². The van der Waals surface area contributed by atoms with E-state index in [9.17, 15) is 0 Å². The molecule has 0 aliphatic carbocycles. The Morgan fingerprint density at radius 2 is 1.21 bits per heavy atom. The molecule has 0 bridgehead atoms. The van der Waals surface area contributed by atoms with Gasteiger partial charge in [-0.15, -0.1) is 0 Å². The summed E-state index contributed by atoms with van der Waals surface area (Å²) in [5.41, 5.74) is 7.28. The first kappa shape index (κ1) is 19.2. The van der Waals surface area contributed by atoms with Crippen molar-refractivity contribution in [3.8, 4) is 5.81 Å². The van der Waals surface area contributed by atoms with Crippen LogP contribution in [0.1, 0.15) is 27.7 Å². The molecule has 0 aliphatic rings. The average molecular weight is 225 g/mol. The van der Waals surface area contributed by atoms with E-state index in [1.807, 2.05) is 0 Å². The summed E-state index contributed by atoms with van der Waals surface area (Å²) in [5.74, 6) is 0.549.